The van der Waals surface area contributed by atoms with Gasteiger partial charge in [0.25, 0.3) is 0 Å². The lowest BCUT2D eigenvalue weighted by molar-refractivity contribution is 0.742. The molecule has 0 saturated carbocycles. The van der Waals surface area contributed by atoms with Crippen molar-refractivity contribution in [1.82, 2.24) is 30.6 Å². The van der Waals surface area contributed by atoms with Crippen LogP contribution in [0.15, 0.2) is 30.0 Å². The molecule has 0 aliphatic heterocycles. The van der Waals surface area contributed by atoms with Crippen LogP contribution < -0.4 is 10.6 Å². The Morgan fingerprint density at radius 1 is 1.14 bits per heavy atom. The molecule has 8 heteroatoms. The van der Waals surface area contributed by atoms with Gasteiger partial charge in [-0.1, -0.05) is 0 Å². The Kier molecular flexibility index (Phi) is 6.49. The van der Waals surface area contributed by atoms with Gasteiger partial charge in [0.2, 0.25) is 5.96 Å². The molecule has 4 N–H and O–H groups in total. The summed E-state index contributed by atoms with van der Waals surface area (Å²) < 4.78 is 0. The first kappa shape index (κ1) is 15.6. The van der Waals surface area contributed by atoms with Gasteiger partial charge in [0.15, 0.2) is 6.19 Å². The van der Waals surface area contributed by atoms with E-state index in [1.165, 1.54) is 0 Å². The predicted molar refractivity (Wildman–Crippen MR) is 82.9 cm³/mol. The van der Waals surface area contributed by atoms with Gasteiger partial charge in [-0.25, -0.2) is 9.97 Å². The van der Waals surface area contributed by atoms with Crippen molar-refractivity contribution in [3.63, 3.8) is 0 Å². The van der Waals surface area contributed by atoms with Crippen molar-refractivity contribution in [2.45, 2.75) is 25.7 Å². The zero-order valence-electron chi connectivity index (χ0n) is 12.3. The Morgan fingerprint density at radius 3 is 2.41 bits per heavy atom. The Hall–Kier alpha value is -2.82. The number of nitriles is 1. The van der Waals surface area contributed by atoms with Crippen molar-refractivity contribution in [2.24, 2.45) is 4.99 Å². The Morgan fingerprint density at radius 2 is 1.82 bits per heavy atom. The highest BCUT2D eigenvalue weighted by Crippen LogP contribution is 1.97. The quantitative estimate of drug-likeness (QED) is 0.188. The normalized spacial score (nSPS) is 11.1. The van der Waals surface area contributed by atoms with E-state index in [1.54, 1.807) is 12.7 Å². The standard InChI is InChI=1S/C14H20N8/c15-9-20-14(18-5-1-3-12-7-16-10-21-12)19-6-2-4-13-8-17-11-22-13/h7-8,10-11H,1-6H2,(H,16,21)(H,17,22)(H2,18,19,20). The SMILES string of the molecule is N#CN/C(=N\CCCc1c[nH]cn1)NCCCc1c[nH]cn1. The molecule has 0 unspecified atom stereocenters. The Bertz CT molecular complexity index is 579. The first-order chi connectivity index (χ1) is 10.9. The van der Waals surface area contributed by atoms with Crippen LogP contribution in [0, 0.1) is 11.5 Å². The molecule has 2 heterocycles. The summed E-state index contributed by atoms with van der Waals surface area (Å²) in [5.41, 5.74) is 2.06. The van der Waals surface area contributed by atoms with Gasteiger partial charge in [-0.2, -0.15) is 5.26 Å². The van der Waals surface area contributed by atoms with Gasteiger partial charge in [0.05, 0.1) is 24.0 Å². The number of H-pyrrole nitrogens is 2. The molecule has 0 fully saturated rings. The topological polar surface area (TPSA) is 118 Å². The first-order valence-corrected chi connectivity index (χ1v) is 7.27. The third-order valence-corrected chi connectivity index (χ3v) is 3.05. The average molecular weight is 300 g/mol. The average Bonchev–Trinajstić information content (AvgIpc) is 3.21. The van der Waals surface area contributed by atoms with Crippen molar-refractivity contribution in [2.75, 3.05) is 13.1 Å². The van der Waals surface area contributed by atoms with E-state index in [-0.39, 0.29) is 0 Å². The summed E-state index contributed by atoms with van der Waals surface area (Å²) in [5.74, 6) is 0.520. The van der Waals surface area contributed by atoms with Crippen LogP contribution in [0.3, 0.4) is 0 Å². The number of nitrogens with one attached hydrogen (secondary N) is 4. The number of aromatic amines is 2. The summed E-state index contributed by atoms with van der Waals surface area (Å²) in [5, 5.41) is 14.4. The molecule has 0 spiro atoms. The number of aromatic nitrogens is 4. The van der Waals surface area contributed by atoms with Gasteiger partial charge < -0.3 is 15.3 Å². The lowest BCUT2D eigenvalue weighted by atomic mass is 10.2. The van der Waals surface area contributed by atoms with Gasteiger partial charge in [-0.3, -0.25) is 10.3 Å². The third-order valence-electron chi connectivity index (χ3n) is 3.05. The number of nitrogens with zero attached hydrogens (tertiary/aromatic N) is 4. The van der Waals surface area contributed by atoms with Crippen molar-refractivity contribution in [3.8, 4) is 6.19 Å². The summed E-state index contributed by atoms with van der Waals surface area (Å²) in [6.45, 7) is 1.38. The maximum Gasteiger partial charge on any atom is 0.204 e. The molecular formula is C14H20N8. The van der Waals surface area contributed by atoms with Gasteiger partial charge >= 0.3 is 0 Å². The molecule has 0 aliphatic carbocycles. The highest BCUT2D eigenvalue weighted by atomic mass is 15.2. The molecule has 8 nitrogen and oxygen atoms in total. The third kappa shape index (κ3) is 5.66. The van der Waals surface area contributed by atoms with E-state index in [0.29, 0.717) is 12.5 Å². The maximum absolute atomic E-state index is 8.74. The molecule has 0 bridgehead atoms. The molecule has 0 amide bonds. The minimum absolute atomic E-state index is 0.520. The molecule has 0 atom stereocenters. The molecule has 22 heavy (non-hydrogen) atoms. The lowest BCUT2D eigenvalue weighted by Crippen LogP contribution is -2.35. The predicted octanol–water partition coefficient (Wildman–Crippen LogP) is 0.714. The number of aliphatic imine (C=N–C) groups is 1. The zero-order valence-corrected chi connectivity index (χ0v) is 12.3. The molecule has 2 aromatic heterocycles. The number of aryl methyl sites for hydroxylation is 2. The molecular weight excluding hydrogens is 280 g/mol. The van der Waals surface area contributed by atoms with E-state index in [0.717, 1.165) is 43.6 Å². The minimum atomic E-state index is 0.520. The van der Waals surface area contributed by atoms with Gasteiger partial charge in [-0.05, 0) is 25.7 Å². The van der Waals surface area contributed by atoms with Gasteiger partial charge in [0.1, 0.15) is 0 Å². The van der Waals surface area contributed by atoms with E-state index in [4.69, 9.17) is 5.26 Å². The Labute approximate surface area is 129 Å². The van der Waals surface area contributed by atoms with Crippen LogP contribution in [0.4, 0.5) is 0 Å². The van der Waals surface area contributed by atoms with E-state index < -0.39 is 0 Å². The number of hydrogen-bond acceptors (Lipinski definition) is 4. The fraction of sp³-hybridized carbons (Fsp3) is 0.429. The number of rotatable bonds is 8. The van der Waals surface area contributed by atoms with Crippen molar-refractivity contribution >= 4 is 5.96 Å². The van der Waals surface area contributed by atoms with Gasteiger partial charge in [0, 0.05) is 25.5 Å². The van der Waals surface area contributed by atoms with Crippen LogP contribution in [0.5, 0.6) is 0 Å². The molecule has 0 saturated heterocycles. The van der Waals surface area contributed by atoms with Crippen molar-refractivity contribution in [1.29, 1.82) is 5.26 Å². The van der Waals surface area contributed by atoms with E-state index >= 15 is 0 Å². The van der Waals surface area contributed by atoms with Crippen molar-refractivity contribution in [3.05, 3.63) is 36.4 Å². The summed E-state index contributed by atoms with van der Waals surface area (Å²) in [6, 6.07) is 0. The van der Waals surface area contributed by atoms with Crippen LogP contribution in [-0.2, 0) is 12.8 Å². The molecule has 0 radical (unpaired) electrons. The molecule has 2 aromatic rings. The fourth-order valence-corrected chi connectivity index (χ4v) is 1.98. The summed E-state index contributed by atoms with van der Waals surface area (Å²) >= 11 is 0. The second kappa shape index (κ2) is 9.18. The van der Waals surface area contributed by atoms with Crippen LogP contribution >= 0.6 is 0 Å². The summed E-state index contributed by atoms with van der Waals surface area (Å²) in [4.78, 5) is 18.5. The second-order valence-corrected chi connectivity index (χ2v) is 4.72. The maximum atomic E-state index is 8.74. The van der Waals surface area contributed by atoms with Crippen LogP contribution in [0.2, 0.25) is 0 Å². The number of imidazole rings is 2. The lowest BCUT2D eigenvalue weighted by Gasteiger charge is -2.07. The molecule has 116 valence electrons. The monoisotopic (exact) mass is 300 g/mol. The van der Waals surface area contributed by atoms with E-state index in [9.17, 15) is 0 Å². The van der Waals surface area contributed by atoms with Crippen LogP contribution in [0.1, 0.15) is 24.2 Å². The van der Waals surface area contributed by atoms with E-state index in [2.05, 4.69) is 35.6 Å². The largest absolute Gasteiger partial charge is 0.356 e. The first-order valence-electron chi connectivity index (χ1n) is 7.27. The van der Waals surface area contributed by atoms with Crippen molar-refractivity contribution < 1.29 is 0 Å². The highest BCUT2D eigenvalue weighted by molar-refractivity contribution is 5.81. The minimum Gasteiger partial charge on any atom is -0.356 e. The molecule has 2 rings (SSSR count). The second-order valence-electron chi connectivity index (χ2n) is 4.72. The van der Waals surface area contributed by atoms with Crippen LogP contribution in [0.25, 0.3) is 0 Å². The number of hydrogen-bond donors (Lipinski definition) is 4. The highest BCUT2D eigenvalue weighted by Gasteiger charge is 1.99. The van der Waals surface area contributed by atoms with Crippen LogP contribution in [-0.4, -0.2) is 39.0 Å². The number of guanidine groups is 1. The smallest absolute Gasteiger partial charge is 0.204 e. The summed E-state index contributed by atoms with van der Waals surface area (Å²) in [6.07, 6.45) is 12.6. The van der Waals surface area contributed by atoms with E-state index in [1.807, 2.05) is 18.6 Å². The molecule has 0 aromatic carbocycles. The fourth-order valence-electron chi connectivity index (χ4n) is 1.98. The summed E-state index contributed by atoms with van der Waals surface area (Å²) in [7, 11) is 0. The zero-order chi connectivity index (χ0) is 15.5. The van der Waals surface area contributed by atoms with Gasteiger partial charge in [-0.15, -0.1) is 0 Å². The molecule has 0 aliphatic rings. The Balaban J connectivity index is 1.64.